The quantitative estimate of drug-likeness (QED) is 0.764. The molecule has 164 valence electrons. The highest BCUT2D eigenvalue weighted by atomic mass is 16.4. The van der Waals surface area contributed by atoms with Crippen molar-refractivity contribution >= 4 is 11.9 Å². The van der Waals surface area contributed by atoms with Crippen LogP contribution in [0.1, 0.15) is 68.9 Å². The summed E-state index contributed by atoms with van der Waals surface area (Å²) in [6.45, 7) is 4.94. The number of aliphatic carboxylic acids is 1. The third kappa shape index (κ3) is 5.23. The van der Waals surface area contributed by atoms with Gasteiger partial charge in [0.25, 0.3) is 0 Å². The molecule has 1 saturated carbocycles. The van der Waals surface area contributed by atoms with Crippen LogP contribution in [0.4, 0.5) is 0 Å². The molecule has 0 bridgehead atoms. The normalized spacial score (nSPS) is 25.3. The van der Waals surface area contributed by atoms with Gasteiger partial charge in [0.05, 0.1) is 0 Å². The van der Waals surface area contributed by atoms with Crippen LogP contribution in [-0.2, 0) is 22.6 Å². The average molecular weight is 413 g/mol. The number of nitrogens with zero attached hydrogens (tertiary/aromatic N) is 2. The van der Waals surface area contributed by atoms with E-state index in [9.17, 15) is 9.59 Å². The summed E-state index contributed by atoms with van der Waals surface area (Å²) < 4.78 is 0. The van der Waals surface area contributed by atoms with E-state index >= 15 is 0 Å². The number of piperidine rings is 1. The maximum atomic E-state index is 13.0. The van der Waals surface area contributed by atoms with Crippen molar-refractivity contribution in [3.63, 3.8) is 0 Å². The molecule has 5 heteroatoms. The van der Waals surface area contributed by atoms with E-state index in [2.05, 4.69) is 29.2 Å². The molecule has 0 aromatic heterocycles. The van der Waals surface area contributed by atoms with E-state index in [0.717, 1.165) is 25.4 Å². The molecule has 30 heavy (non-hydrogen) atoms. The summed E-state index contributed by atoms with van der Waals surface area (Å²) in [6.07, 6.45) is 9.76. The summed E-state index contributed by atoms with van der Waals surface area (Å²) in [5.74, 6) is 0.141. The molecule has 1 N–H and O–H groups in total. The number of benzene rings is 1. The second-order valence-corrected chi connectivity index (χ2v) is 9.93. The Hall–Kier alpha value is -1.88. The molecule has 4 rings (SSSR count). The summed E-state index contributed by atoms with van der Waals surface area (Å²) >= 11 is 0. The van der Waals surface area contributed by atoms with Gasteiger partial charge in [-0.25, -0.2) is 0 Å². The molecule has 3 aliphatic rings. The van der Waals surface area contributed by atoms with Gasteiger partial charge in [-0.05, 0) is 62.1 Å². The monoisotopic (exact) mass is 412 g/mol. The van der Waals surface area contributed by atoms with E-state index in [0.29, 0.717) is 19.4 Å². The second-order valence-electron chi connectivity index (χ2n) is 9.93. The molecule has 1 aromatic rings. The van der Waals surface area contributed by atoms with Crippen LogP contribution in [0.15, 0.2) is 24.3 Å². The fourth-order valence-corrected chi connectivity index (χ4v) is 6.03. The highest BCUT2D eigenvalue weighted by molar-refractivity contribution is 5.77. The number of carboxylic acids is 1. The summed E-state index contributed by atoms with van der Waals surface area (Å²) in [6, 6.07) is 8.59. The molecule has 5 nitrogen and oxygen atoms in total. The molecular weight excluding hydrogens is 376 g/mol. The Morgan fingerprint density at radius 3 is 2.57 bits per heavy atom. The number of fused-ring (bicyclic) bond motifs is 1. The van der Waals surface area contributed by atoms with Crippen LogP contribution in [0.25, 0.3) is 0 Å². The van der Waals surface area contributed by atoms with Crippen LogP contribution < -0.4 is 0 Å². The van der Waals surface area contributed by atoms with E-state index < -0.39 is 5.97 Å². The zero-order chi connectivity index (χ0) is 21.0. The summed E-state index contributed by atoms with van der Waals surface area (Å²) in [7, 11) is 0. The van der Waals surface area contributed by atoms with Crippen LogP contribution in [0.2, 0.25) is 0 Å². The van der Waals surface area contributed by atoms with Gasteiger partial charge >= 0.3 is 5.97 Å². The number of hydrogen-bond acceptors (Lipinski definition) is 3. The topological polar surface area (TPSA) is 60.9 Å². The number of rotatable bonds is 6. The van der Waals surface area contributed by atoms with Crippen molar-refractivity contribution in [3.8, 4) is 0 Å². The molecule has 1 spiro atoms. The summed E-state index contributed by atoms with van der Waals surface area (Å²) in [5.41, 5.74) is 2.77. The molecule has 1 amide bonds. The van der Waals surface area contributed by atoms with Crippen LogP contribution in [-0.4, -0.2) is 53.0 Å². The van der Waals surface area contributed by atoms with Crippen molar-refractivity contribution < 1.29 is 14.7 Å². The lowest BCUT2D eigenvalue weighted by molar-refractivity contribution is -0.137. The Kier molecular flexibility index (Phi) is 6.77. The van der Waals surface area contributed by atoms with Crippen molar-refractivity contribution in [1.29, 1.82) is 0 Å². The minimum Gasteiger partial charge on any atom is -0.481 e. The molecule has 1 saturated heterocycles. The zero-order valence-corrected chi connectivity index (χ0v) is 18.2. The van der Waals surface area contributed by atoms with Crippen LogP contribution in [0.3, 0.4) is 0 Å². The molecule has 0 radical (unpaired) electrons. The summed E-state index contributed by atoms with van der Waals surface area (Å²) in [5, 5.41) is 8.93. The van der Waals surface area contributed by atoms with Gasteiger partial charge in [-0.1, -0.05) is 37.1 Å². The Labute approximate surface area is 180 Å². The second kappa shape index (κ2) is 9.51. The first-order valence-corrected chi connectivity index (χ1v) is 11.8. The Morgan fingerprint density at radius 2 is 1.80 bits per heavy atom. The number of carboxylic acid groups (broad SMARTS) is 1. The molecule has 1 atom stereocenters. The van der Waals surface area contributed by atoms with E-state index in [4.69, 9.17) is 5.11 Å². The predicted octanol–water partition coefficient (Wildman–Crippen LogP) is 4.10. The molecule has 1 unspecified atom stereocenters. The number of amides is 1. The Morgan fingerprint density at radius 1 is 1.03 bits per heavy atom. The van der Waals surface area contributed by atoms with E-state index in [-0.39, 0.29) is 17.7 Å². The Bertz CT molecular complexity index is 759. The Balaban J connectivity index is 1.50. The lowest BCUT2D eigenvalue weighted by Gasteiger charge is -2.45. The van der Waals surface area contributed by atoms with Gasteiger partial charge in [0, 0.05) is 44.4 Å². The maximum Gasteiger partial charge on any atom is 0.303 e. The minimum atomic E-state index is -0.824. The fourth-order valence-electron chi connectivity index (χ4n) is 6.03. The van der Waals surface area contributed by atoms with E-state index in [1.54, 1.807) is 0 Å². The predicted molar refractivity (Wildman–Crippen MR) is 117 cm³/mol. The number of likely N-dealkylation sites (tertiary alicyclic amines) is 1. The van der Waals surface area contributed by atoms with Crippen molar-refractivity contribution in [1.82, 2.24) is 9.80 Å². The SMILES string of the molecule is O=C(O)CCCC(=O)N1Cc2ccccc2CC2(CCCN(CC3CCCC3)C2)C1. The molecule has 2 fully saturated rings. The standard InChI is InChI=1S/C25H36N2O3/c28-23(11-5-12-24(29)30)27-17-22-10-4-3-9-21(22)15-25(19-27)13-6-14-26(18-25)16-20-7-1-2-8-20/h3-4,9-10,20H,1-2,5-8,11-19H2,(H,29,30). The smallest absolute Gasteiger partial charge is 0.303 e. The highest BCUT2D eigenvalue weighted by Gasteiger charge is 2.41. The molecular formula is C25H36N2O3. The third-order valence-electron chi connectivity index (χ3n) is 7.44. The molecule has 2 heterocycles. The first-order valence-electron chi connectivity index (χ1n) is 11.8. The lowest BCUT2D eigenvalue weighted by atomic mass is 9.74. The van der Waals surface area contributed by atoms with Gasteiger partial charge in [-0.2, -0.15) is 0 Å². The third-order valence-corrected chi connectivity index (χ3v) is 7.44. The average Bonchev–Trinajstić information content (AvgIpc) is 3.16. The van der Waals surface area contributed by atoms with Gasteiger partial charge in [0.1, 0.15) is 0 Å². The van der Waals surface area contributed by atoms with Gasteiger partial charge in [-0.3, -0.25) is 9.59 Å². The van der Waals surface area contributed by atoms with Crippen molar-refractivity contribution in [2.45, 2.75) is 70.8 Å². The highest BCUT2D eigenvalue weighted by Crippen LogP contribution is 2.39. The molecule has 1 aliphatic carbocycles. The van der Waals surface area contributed by atoms with Crippen LogP contribution in [0.5, 0.6) is 0 Å². The zero-order valence-electron chi connectivity index (χ0n) is 18.2. The van der Waals surface area contributed by atoms with Gasteiger partial charge in [-0.15, -0.1) is 0 Å². The van der Waals surface area contributed by atoms with Crippen molar-refractivity contribution in [2.24, 2.45) is 11.3 Å². The van der Waals surface area contributed by atoms with Crippen LogP contribution in [0, 0.1) is 11.3 Å². The summed E-state index contributed by atoms with van der Waals surface area (Å²) in [4.78, 5) is 28.6. The van der Waals surface area contributed by atoms with Crippen molar-refractivity contribution in [2.75, 3.05) is 26.2 Å². The molecule has 1 aromatic carbocycles. The number of hydrogen-bond donors (Lipinski definition) is 1. The van der Waals surface area contributed by atoms with E-state index in [1.807, 2.05) is 4.90 Å². The fraction of sp³-hybridized carbons (Fsp3) is 0.680. The first kappa shape index (κ1) is 21.4. The number of carbonyl (C=O) groups is 2. The van der Waals surface area contributed by atoms with E-state index in [1.165, 1.54) is 62.7 Å². The van der Waals surface area contributed by atoms with Crippen LogP contribution >= 0.6 is 0 Å². The largest absolute Gasteiger partial charge is 0.481 e. The molecule has 2 aliphatic heterocycles. The number of carbonyl (C=O) groups excluding carboxylic acids is 1. The van der Waals surface area contributed by atoms with Gasteiger partial charge in [0.2, 0.25) is 5.91 Å². The van der Waals surface area contributed by atoms with Gasteiger partial charge < -0.3 is 14.9 Å². The van der Waals surface area contributed by atoms with Gasteiger partial charge in [0.15, 0.2) is 0 Å². The lowest BCUT2D eigenvalue weighted by Crippen LogP contribution is -2.51. The maximum absolute atomic E-state index is 13.0. The first-order chi connectivity index (χ1) is 14.5. The minimum absolute atomic E-state index is 0.0659. The van der Waals surface area contributed by atoms with Crippen molar-refractivity contribution in [3.05, 3.63) is 35.4 Å².